The fourth-order valence-electron chi connectivity index (χ4n) is 7.15. The Morgan fingerprint density at radius 2 is 1.39 bits per heavy atom. The molecule has 0 aliphatic carbocycles. The Morgan fingerprint density at radius 3 is 2.02 bits per heavy atom. The number of carbonyl (C=O) groups excluding carboxylic acids is 2. The Kier molecular flexibility index (Phi) is 15.7. The molecule has 1 heterocycles. The number of carboxylic acids is 1. The normalized spacial score (nSPS) is 14.3. The van der Waals surface area contributed by atoms with Crippen LogP contribution in [0, 0.1) is 13.8 Å². The molecule has 0 bridgehead atoms. The van der Waals surface area contributed by atoms with Crippen molar-refractivity contribution in [3.05, 3.63) is 93.5 Å². The molecule has 4 rings (SSSR count). The van der Waals surface area contributed by atoms with Crippen LogP contribution in [0.25, 0.3) is 0 Å². The zero-order valence-electron chi connectivity index (χ0n) is 29.6. The Bertz CT molecular complexity index is 1540. The molecular weight excluding hydrogens is 632 g/mol. The molecule has 2 N–H and O–H groups in total. The minimum absolute atomic E-state index is 0.0192. The number of benzene rings is 3. The third-order valence-corrected chi connectivity index (χ3v) is 10.2. The number of aryl methyl sites for hydroxylation is 2. The highest BCUT2D eigenvalue weighted by molar-refractivity contribution is 6.30. The van der Waals surface area contributed by atoms with Gasteiger partial charge in [-0.2, -0.15) is 0 Å². The zero-order valence-corrected chi connectivity index (χ0v) is 30.3. The van der Waals surface area contributed by atoms with Gasteiger partial charge in [0.2, 0.25) is 0 Å². The van der Waals surface area contributed by atoms with E-state index in [1.807, 2.05) is 73.3 Å². The topological polar surface area (TPSA) is 86.7 Å². The van der Waals surface area contributed by atoms with E-state index in [1.165, 1.54) is 69.8 Å². The average molecular weight is 687 g/mol. The number of halogens is 1. The third kappa shape index (κ3) is 12.0. The van der Waals surface area contributed by atoms with E-state index in [-0.39, 0.29) is 11.8 Å². The van der Waals surface area contributed by atoms with E-state index in [4.69, 9.17) is 16.7 Å². The number of hydrogen-bond acceptors (Lipinski definition) is 3. The maximum atomic E-state index is 14.0. The lowest BCUT2D eigenvalue weighted by Gasteiger charge is -2.25. The van der Waals surface area contributed by atoms with Gasteiger partial charge in [-0.15, -0.1) is 0 Å². The van der Waals surface area contributed by atoms with Gasteiger partial charge in [0.1, 0.15) is 0 Å². The van der Waals surface area contributed by atoms with Gasteiger partial charge in [0.15, 0.2) is 0 Å². The van der Waals surface area contributed by atoms with Gasteiger partial charge in [0.25, 0.3) is 11.8 Å². The van der Waals surface area contributed by atoms with Crippen molar-refractivity contribution in [3.63, 3.8) is 0 Å². The van der Waals surface area contributed by atoms with Gasteiger partial charge < -0.3 is 15.3 Å². The van der Waals surface area contributed by atoms with Gasteiger partial charge in [0.05, 0.1) is 0 Å². The molecule has 0 radical (unpaired) electrons. The zero-order chi connectivity index (χ0) is 35.0. The molecular formula is C42H55ClN2O4. The number of carbonyl (C=O) groups is 3. The smallest absolute Gasteiger partial charge is 0.303 e. The number of anilines is 2. The van der Waals surface area contributed by atoms with E-state index in [9.17, 15) is 14.4 Å². The minimum atomic E-state index is -0.682. The highest BCUT2D eigenvalue weighted by Crippen LogP contribution is 2.40. The lowest BCUT2D eigenvalue weighted by atomic mass is 9.89. The number of unbranched alkanes of at least 4 members (excludes halogenated alkanes) is 12. The van der Waals surface area contributed by atoms with Gasteiger partial charge >= 0.3 is 5.97 Å². The highest BCUT2D eigenvalue weighted by atomic mass is 35.5. The lowest BCUT2D eigenvalue weighted by molar-refractivity contribution is -0.137. The van der Waals surface area contributed by atoms with Crippen LogP contribution in [0.3, 0.4) is 0 Å². The predicted molar refractivity (Wildman–Crippen MR) is 202 cm³/mol. The average Bonchev–Trinajstić information content (AvgIpc) is 3.25. The molecule has 6 nitrogen and oxygen atoms in total. The number of aliphatic carboxylic acids is 1. The van der Waals surface area contributed by atoms with Crippen molar-refractivity contribution in [3.8, 4) is 0 Å². The molecule has 1 aliphatic heterocycles. The third-order valence-electron chi connectivity index (χ3n) is 9.95. The van der Waals surface area contributed by atoms with Crippen LogP contribution in [-0.4, -0.2) is 29.4 Å². The summed E-state index contributed by atoms with van der Waals surface area (Å²) < 4.78 is 0. The monoisotopic (exact) mass is 686 g/mol. The first-order valence-electron chi connectivity index (χ1n) is 18.6. The second kappa shape index (κ2) is 20.1. The van der Waals surface area contributed by atoms with Crippen LogP contribution in [0.4, 0.5) is 11.4 Å². The Morgan fingerprint density at radius 1 is 0.755 bits per heavy atom. The minimum Gasteiger partial charge on any atom is -0.481 e. The molecule has 3 aromatic carbocycles. The van der Waals surface area contributed by atoms with E-state index >= 15 is 0 Å². The summed E-state index contributed by atoms with van der Waals surface area (Å²) in [6, 6.07) is 19.0. The van der Waals surface area contributed by atoms with Crippen molar-refractivity contribution in [2.45, 2.75) is 129 Å². The fourth-order valence-corrected chi connectivity index (χ4v) is 7.33. The SMILES string of the molecule is Cc1ccccc1C(=O)Nc1ccc(C(=O)N2CCCC(CCCCCCCCCCCCCCCC(=O)O)c3cc(Cl)ccc32)c(C)c1. The van der Waals surface area contributed by atoms with Crippen LogP contribution in [0.15, 0.2) is 60.7 Å². The molecule has 7 heteroatoms. The summed E-state index contributed by atoms with van der Waals surface area (Å²) in [5, 5.41) is 12.4. The molecule has 0 spiro atoms. The maximum Gasteiger partial charge on any atom is 0.303 e. The van der Waals surface area contributed by atoms with Crippen LogP contribution in [0.2, 0.25) is 5.02 Å². The van der Waals surface area contributed by atoms with E-state index < -0.39 is 5.97 Å². The summed E-state index contributed by atoms with van der Waals surface area (Å²) in [4.78, 5) is 39.4. The highest BCUT2D eigenvalue weighted by Gasteiger charge is 2.28. The first-order valence-corrected chi connectivity index (χ1v) is 18.9. The molecule has 0 aromatic heterocycles. The largest absolute Gasteiger partial charge is 0.481 e. The van der Waals surface area contributed by atoms with E-state index in [0.29, 0.717) is 40.7 Å². The van der Waals surface area contributed by atoms with Gasteiger partial charge in [0, 0.05) is 40.5 Å². The van der Waals surface area contributed by atoms with Gasteiger partial charge in [-0.1, -0.05) is 107 Å². The van der Waals surface area contributed by atoms with Gasteiger partial charge in [-0.05, 0) is 105 Å². The maximum absolute atomic E-state index is 14.0. The number of hydrogen-bond donors (Lipinski definition) is 2. The molecule has 0 fully saturated rings. The lowest BCUT2D eigenvalue weighted by Crippen LogP contribution is -2.32. The van der Waals surface area contributed by atoms with Crippen LogP contribution in [0.5, 0.6) is 0 Å². The number of carboxylic acid groups (broad SMARTS) is 1. The molecule has 1 unspecified atom stereocenters. The van der Waals surface area contributed by atoms with Gasteiger partial charge in [-0.25, -0.2) is 0 Å². The van der Waals surface area contributed by atoms with Crippen LogP contribution in [0.1, 0.15) is 152 Å². The van der Waals surface area contributed by atoms with Gasteiger partial charge in [-0.3, -0.25) is 14.4 Å². The second-order valence-electron chi connectivity index (χ2n) is 13.8. The Labute approximate surface area is 298 Å². The summed E-state index contributed by atoms with van der Waals surface area (Å²) in [6.45, 7) is 4.51. The van der Waals surface area contributed by atoms with Crippen molar-refractivity contribution in [2.75, 3.05) is 16.8 Å². The first-order chi connectivity index (χ1) is 23.7. The van der Waals surface area contributed by atoms with E-state index in [1.54, 1.807) is 0 Å². The quantitative estimate of drug-likeness (QED) is 0.123. The summed E-state index contributed by atoms with van der Waals surface area (Å²) in [6.07, 6.45) is 19.1. The van der Waals surface area contributed by atoms with Crippen LogP contribution >= 0.6 is 11.6 Å². The predicted octanol–water partition coefficient (Wildman–Crippen LogP) is 11.7. The number of amides is 2. The molecule has 0 saturated carbocycles. The number of fused-ring (bicyclic) bond motifs is 1. The Balaban J connectivity index is 1.23. The van der Waals surface area contributed by atoms with Crippen molar-refractivity contribution < 1.29 is 19.5 Å². The Hall–Kier alpha value is -3.64. The van der Waals surface area contributed by atoms with Crippen molar-refractivity contribution in [1.82, 2.24) is 0 Å². The molecule has 49 heavy (non-hydrogen) atoms. The summed E-state index contributed by atoms with van der Waals surface area (Å²) in [5.41, 5.74) is 5.84. The second-order valence-corrected chi connectivity index (χ2v) is 14.3. The molecule has 0 saturated heterocycles. The fraction of sp³-hybridized carbons (Fsp3) is 0.500. The van der Waals surface area contributed by atoms with E-state index in [2.05, 4.69) is 11.4 Å². The standard InChI is InChI=1S/C42H55ClN2O4/c1-31-19-16-17-22-36(31)41(48)44-35-25-26-37(32(2)29-35)42(49)45-28-18-21-33(38-30-34(43)24-27-39(38)45)20-14-12-10-8-6-4-3-5-7-9-11-13-15-23-40(46)47/h16-17,19,22,24-27,29-30,33H,3-15,18,20-21,23,28H2,1-2H3,(H,44,48)(H,46,47). The molecule has 264 valence electrons. The summed E-state index contributed by atoms with van der Waals surface area (Å²) >= 11 is 6.52. The van der Waals surface area contributed by atoms with Crippen LogP contribution in [-0.2, 0) is 4.79 Å². The first kappa shape index (κ1) is 38.2. The molecule has 2 amide bonds. The molecule has 1 atom stereocenters. The summed E-state index contributed by atoms with van der Waals surface area (Å²) in [7, 11) is 0. The molecule has 1 aliphatic rings. The van der Waals surface area contributed by atoms with Crippen molar-refractivity contribution in [1.29, 1.82) is 0 Å². The number of nitrogens with zero attached hydrogens (tertiary/aromatic N) is 1. The molecule has 3 aromatic rings. The van der Waals surface area contributed by atoms with Crippen molar-refractivity contribution >= 4 is 40.8 Å². The van der Waals surface area contributed by atoms with Crippen molar-refractivity contribution in [2.24, 2.45) is 0 Å². The number of rotatable bonds is 19. The number of nitrogens with one attached hydrogen (secondary N) is 1. The van der Waals surface area contributed by atoms with E-state index in [0.717, 1.165) is 55.3 Å². The summed E-state index contributed by atoms with van der Waals surface area (Å²) in [5.74, 6) is -0.477. The van der Waals surface area contributed by atoms with Crippen LogP contribution < -0.4 is 10.2 Å².